The zero-order valence-electron chi connectivity index (χ0n) is 17.1. The lowest BCUT2D eigenvalue weighted by atomic mass is 9.98. The van der Waals surface area contributed by atoms with E-state index < -0.39 is 12.1 Å². The molecule has 5 heteroatoms. The van der Waals surface area contributed by atoms with Gasteiger partial charge in [-0.05, 0) is 41.5 Å². The van der Waals surface area contributed by atoms with E-state index in [0.717, 1.165) is 25.7 Å². The monoisotopic (exact) mass is 405 g/mol. The van der Waals surface area contributed by atoms with Crippen LogP contribution in [0.4, 0.5) is 4.79 Å². The van der Waals surface area contributed by atoms with Gasteiger partial charge in [0.25, 0.3) is 0 Å². The molecule has 1 aliphatic carbocycles. The van der Waals surface area contributed by atoms with Crippen LogP contribution in [0.3, 0.4) is 0 Å². The predicted octanol–water partition coefficient (Wildman–Crippen LogP) is 5.26. The van der Waals surface area contributed by atoms with E-state index in [9.17, 15) is 9.59 Å². The van der Waals surface area contributed by atoms with Gasteiger partial charge >= 0.3 is 12.1 Å². The number of carbonyl (C=O) groups is 2. The molecule has 1 saturated heterocycles. The molecule has 5 nitrogen and oxygen atoms in total. The molecule has 1 heterocycles. The van der Waals surface area contributed by atoms with Crippen molar-refractivity contribution in [1.29, 1.82) is 0 Å². The maximum atomic E-state index is 12.8. The Balaban J connectivity index is 1.39. The average molecular weight is 405 g/mol. The van der Waals surface area contributed by atoms with Crippen LogP contribution in [0, 0.1) is 0 Å². The molecular formula is C25H27NO4. The summed E-state index contributed by atoms with van der Waals surface area (Å²) in [5, 5.41) is 0. The fourth-order valence-electron chi connectivity index (χ4n) is 4.38. The quantitative estimate of drug-likeness (QED) is 0.342. The summed E-state index contributed by atoms with van der Waals surface area (Å²) >= 11 is 0. The summed E-state index contributed by atoms with van der Waals surface area (Å²) in [4.78, 5) is 26.3. The van der Waals surface area contributed by atoms with Gasteiger partial charge in [-0.1, -0.05) is 67.4 Å². The Bertz CT molecular complexity index is 893. The normalized spacial score (nSPS) is 17.4. The van der Waals surface area contributed by atoms with Crippen molar-refractivity contribution in [2.24, 2.45) is 0 Å². The first kappa shape index (κ1) is 20.2. The first-order valence-electron chi connectivity index (χ1n) is 10.6. The van der Waals surface area contributed by atoms with Crippen molar-refractivity contribution >= 4 is 12.1 Å². The number of amides is 1. The van der Waals surface area contributed by atoms with Crippen LogP contribution in [0.5, 0.6) is 0 Å². The van der Waals surface area contributed by atoms with Crippen molar-refractivity contribution in [2.45, 2.75) is 44.1 Å². The summed E-state index contributed by atoms with van der Waals surface area (Å²) < 4.78 is 10.8. The van der Waals surface area contributed by atoms with E-state index >= 15 is 0 Å². The molecule has 1 amide bonds. The Labute approximate surface area is 177 Å². The number of nitrogens with zero attached hydrogens (tertiary/aromatic N) is 1. The molecule has 0 saturated carbocycles. The number of esters is 1. The van der Waals surface area contributed by atoms with Gasteiger partial charge < -0.3 is 9.47 Å². The molecule has 1 aliphatic heterocycles. The van der Waals surface area contributed by atoms with Crippen LogP contribution < -0.4 is 0 Å². The van der Waals surface area contributed by atoms with Crippen LogP contribution in [0.1, 0.15) is 49.1 Å². The lowest BCUT2D eigenvalue weighted by Crippen LogP contribution is -2.39. The molecule has 2 aromatic rings. The van der Waals surface area contributed by atoms with E-state index in [1.165, 1.54) is 27.2 Å². The molecule has 156 valence electrons. The molecule has 0 radical (unpaired) electrons. The Kier molecular flexibility index (Phi) is 6.17. The third-order valence-corrected chi connectivity index (χ3v) is 5.95. The number of hydrogen-bond donors (Lipinski definition) is 0. The molecule has 1 atom stereocenters. The summed E-state index contributed by atoms with van der Waals surface area (Å²) in [6.45, 7) is 3.93. The maximum absolute atomic E-state index is 12.8. The topological polar surface area (TPSA) is 55.8 Å². The molecule has 0 spiro atoms. The number of ether oxygens (including phenoxy) is 2. The average Bonchev–Trinajstić information content (AvgIpc) is 3.30. The number of carbonyl (C=O) groups excluding carboxylic acids is 2. The van der Waals surface area contributed by atoms with Crippen LogP contribution in [-0.2, 0) is 14.3 Å². The van der Waals surface area contributed by atoms with Gasteiger partial charge in [0.05, 0.1) is 0 Å². The van der Waals surface area contributed by atoms with Gasteiger partial charge in [-0.2, -0.15) is 0 Å². The third-order valence-electron chi connectivity index (χ3n) is 5.95. The number of fused-ring (bicyclic) bond motifs is 3. The van der Waals surface area contributed by atoms with Crippen LogP contribution in [0.25, 0.3) is 11.1 Å². The van der Waals surface area contributed by atoms with E-state index in [1.54, 1.807) is 0 Å². The lowest BCUT2D eigenvalue weighted by molar-refractivity contribution is -0.139. The van der Waals surface area contributed by atoms with Crippen molar-refractivity contribution in [3.8, 4) is 11.1 Å². The largest absolute Gasteiger partial charge is 0.448 e. The fraction of sp³-hybridized carbons (Fsp3) is 0.360. The smallest absolute Gasteiger partial charge is 0.413 e. The van der Waals surface area contributed by atoms with Crippen molar-refractivity contribution in [3.63, 3.8) is 0 Å². The molecule has 0 N–H and O–H groups in total. The predicted molar refractivity (Wildman–Crippen MR) is 115 cm³/mol. The van der Waals surface area contributed by atoms with Crippen molar-refractivity contribution in [3.05, 3.63) is 72.3 Å². The summed E-state index contributed by atoms with van der Waals surface area (Å²) in [6, 6.07) is 15.9. The molecule has 2 aromatic carbocycles. The van der Waals surface area contributed by atoms with Gasteiger partial charge in [0.1, 0.15) is 12.6 Å². The number of unbranched alkanes of at least 4 members (excludes halogenated alkanes) is 3. The lowest BCUT2D eigenvalue weighted by Gasteiger charge is -2.21. The second kappa shape index (κ2) is 9.16. The number of cyclic esters (lactones) is 1. The van der Waals surface area contributed by atoms with Crippen molar-refractivity contribution < 1.29 is 19.1 Å². The van der Waals surface area contributed by atoms with Gasteiger partial charge in [0.15, 0.2) is 6.73 Å². The van der Waals surface area contributed by atoms with Crippen LogP contribution in [0.15, 0.2) is 61.2 Å². The fourth-order valence-corrected chi connectivity index (χ4v) is 4.38. The minimum absolute atomic E-state index is 0.00192. The Hall–Kier alpha value is -3.08. The SMILES string of the molecule is C=CCCCCCC1C(=O)OCN1C(=O)OCC1c2ccccc2-c2ccccc21. The standard InChI is InChI=1S/C25H27NO4/c1-2-3-4-5-6-15-23-24(27)30-17-26(23)25(28)29-16-22-20-13-9-7-11-18(20)19-12-8-10-14-21(19)22/h2,7-14,22-23H,1,3-6,15-17H2. The van der Waals surface area contributed by atoms with E-state index in [2.05, 4.69) is 30.8 Å². The molecule has 4 rings (SSSR count). The van der Waals surface area contributed by atoms with E-state index in [1.807, 2.05) is 30.3 Å². The highest BCUT2D eigenvalue weighted by Crippen LogP contribution is 2.44. The second-order valence-electron chi connectivity index (χ2n) is 7.81. The molecular weight excluding hydrogens is 378 g/mol. The summed E-state index contributed by atoms with van der Waals surface area (Å²) in [5.41, 5.74) is 4.70. The van der Waals surface area contributed by atoms with Crippen LogP contribution >= 0.6 is 0 Å². The zero-order chi connectivity index (χ0) is 20.9. The molecule has 2 aliphatic rings. The first-order chi connectivity index (χ1) is 14.7. The third kappa shape index (κ3) is 3.97. The van der Waals surface area contributed by atoms with Gasteiger partial charge in [-0.3, -0.25) is 4.90 Å². The number of benzene rings is 2. The highest BCUT2D eigenvalue weighted by molar-refractivity contribution is 5.84. The summed E-state index contributed by atoms with van der Waals surface area (Å²) in [5.74, 6) is -0.342. The minimum atomic E-state index is -0.551. The van der Waals surface area contributed by atoms with Gasteiger partial charge in [-0.15, -0.1) is 6.58 Å². The zero-order valence-corrected chi connectivity index (χ0v) is 17.1. The maximum Gasteiger partial charge on any atom is 0.413 e. The van der Waals surface area contributed by atoms with Crippen LogP contribution in [0.2, 0.25) is 0 Å². The molecule has 0 aromatic heterocycles. The molecule has 1 unspecified atom stereocenters. The summed E-state index contributed by atoms with van der Waals surface area (Å²) in [6.07, 6.45) is 5.86. The Morgan fingerprint density at radius 3 is 2.40 bits per heavy atom. The first-order valence-corrected chi connectivity index (χ1v) is 10.6. The van der Waals surface area contributed by atoms with Gasteiger partial charge in [0.2, 0.25) is 0 Å². The van der Waals surface area contributed by atoms with Crippen LogP contribution in [-0.4, -0.2) is 36.3 Å². The second-order valence-corrected chi connectivity index (χ2v) is 7.81. The van der Waals surface area contributed by atoms with E-state index in [-0.39, 0.29) is 25.2 Å². The molecule has 0 bridgehead atoms. The van der Waals surface area contributed by atoms with Gasteiger partial charge in [-0.25, -0.2) is 9.59 Å². The highest BCUT2D eigenvalue weighted by atomic mass is 16.6. The minimum Gasteiger partial charge on any atom is -0.448 e. The van der Waals surface area contributed by atoms with E-state index in [0.29, 0.717) is 6.42 Å². The molecule has 30 heavy (non-hydrogen) atoms. The van der Waals surface area contributed by atoms with E-state index in [4.69, 9.17) is 9.47 Å². The summed E-state index contributed by atoms with van der Waals surface area (Å²) in [7, 11) is 0. The van der Waals surface area contributed by atoms with Gasteiger partial charge in [0, 0.05) is 5.92 Å². The molecule has 1 fully saturated rings. The Morgan fingerprint density at radius 2 is 1.73 bits per heavy atom. The number of hydrogen-bond acceptors (Lipinski definition) is 4. The number of rotatable bonds is 8. The Morgan fingerprint density at radius 1 is 1.07 bits per heavy atom. The van der Waals surface area contributed by atoms with Crippen molar-refractivity contribution in [1.82, 2.24) is 4.90 Å². The highest BCUT2D eigenvalue weighted by Gasteiger charge is 2.39. The van der Waals surface area contributed by atoms with Crippen molar-refractivity contribution in [2.75, 3.05) is 13.3 Å². The number of allylic oxidation sites excluding steroid dienone is 1.